The Hall–Kier alpha value is -3.68. The number of phenolic OH excluding ortho intramolecular Hbond substituents is 1. The van der Waals surface area contributed by atoms with Gasteiger partial charge in [-0.3, -0.25) is 24.6 Å². The molecule has 6 rings (SSSR count). The minimum absolute atomic E-state index is 0.144. The standard InChI is InChI=1S/C29H26ClN3O4/c1-16-13-19(30)15-21-25(16)31-28(37)29(21)24-23(22(32-29)14-18-7-9-20(34)10-8-18)26(35)33(27(24)36)12-11-17-5-3-2-4-6-17/h2-10,13,15,22-24,32,34H,11-12,14H2,1H3,(H,31,37)/t22-,23-,24+,29+/m1/s1. The molecule has 188 valence electrons. The van der Waals surface area contributed by atoms with Gasteiger partial charge in [0.25, 0.3) is 0 Å². The van der Waals surface area contributed by atoms with Gasteiger partial charge in [-0.25, -0.2) is 0 Å². The fourth-order valence-corrected chi connectivity index (χ4v) is 6.53. The molecule has 3 aliphatic heterocycles. The van der Waals surface area contributed by atoms with Crippen molar-refractivity contribution in [2.75, 3.05) is 11.9 Å². The van der Waals surface area contributed by atoms with E-state index in [1.54, 1.807) is 36.4 Å². The van der Waals surface area contributed by atoms with Gasteiger partial charge in [-0.2, -0.15) is 0 Å². The average Bonchev–Trinajstić information content (AvgIpc) is 3.45. The first kappa shape index (κ1) is 23.7. The molecule has 7 nitrogen and oxygen atoms in total. The second-order valence-electron chi connectivity index (χ2n) is 10.1. The molecular weight excluding hydrogens is 490 g/mol. The number of carbonyl (C=O) groups excluding carboxylic acids is 3. The molecular formula is C29H26ClN3O4. The molecule has 0 aliphatic carbocycles. The van der Waals surface area contributed by atoms with E-state index in [-0.39, 0.29) is 30.0 Å². The van der Waals surface area contributed by atoms with Crippen LogP contribution in [-0.2, 0) is 32.8 Å². The quantitative estimate of drug-likeness (QED) is 0.451. The van der Waals surface area contributed by atoms with Crippen molar-refractivity contribution < 1.29 is 19.5 Å². The van der Waals surface area contributed by atoms with Gasteiger partial charge in [0.05, 0.1) is 11.8 Å². The van der Waals surface area contributed by atoms with Crippen LogP contribution < -0.4 is 10.6 Å². The Labute approximate surface area is 219 Å². The third kappa shape index (κ3) is 3.64. The number of nitrogens with zero attached hydrogens (tertiary/aromatic N) is 1. The molecule has 2 saturated heterocycles. The summed E-state index contributed by atoms with van der Waals surface area (Å²) in [6, 6.07) is 19.5. The molecule has 4 atom stereocenters. The fourth-order valence-electron chi connectivity index (χ4n) is 6.26. The Morgan fingerprint density at radius 3 is 2.43 bits per heavy atom. The maximum absolute atomic E-state index is 14.0. The first-order valence-corrected chi connectivity index (χ1v) is 12.7. The van der Waals surface area contributed by atoms with Crippen LogP contribution in [-0.4, -0.2) is 40.3 Å². The van der Waals surface area contributed by atoms with E-state index in [9.17, 15) is 19.5 Å². The highest BCUT2D eigenvalue weighted by Gasteiger charge is 2.70. The summed E-state index contributed by atoms with van der Waals surface area (Å²) in [4.78, 5) is 42.8. The third-order valence-electron chi connectivity index (χ3n) is 7.94. The number of phenols is 1. The van der Waals surface area contributed by atoms with Crippen molar-refractivity contribution in [1.29, 1.82) is 0 Å². The zero-order valence-corrected chi connectivity index (χ0v) is 21.0. The number of aryl methyl sites for hydroxylation is 1. The number of hydrogen-bond acceptors (Lipinski definition) is 5. The van der Waals surface area contributed by atoms with Crippen molar-refractivity contribution in [2.24, 2.45) is 11.8 Å². The Kier molecular flexibility index (Phi) is 5.58. The number of likely N-dealkylation sites (tertiary alicyclic amines) is 1. The summed E-state index contributed by atoms with van der Waals surface area (Å²) >= 11 is 6.42. The number of carbonyl (C=O) groups is 3. The highest BCUT2D eigenvalue weighted by atomic mass is 35.5. The third-order valence-corrected chi connectivity index (χ3v) is 8.15. The number of rotatable bonds is 5. The largest absolute Gasteiger partial charge is 0.508 e. The van der Waals surface area contributed by atoms with Crippen LogP contribution in [0.25, 0.3) is 0 Å². The summed E-state index contributed by atoms with van der Waals surface area (Å²) < 4.78 is 0. The molecule has 2 fully saturated rings. The number of amides is 3. The molecule has 1 spiro atoms. The van der Waals surface area contributed by atoms with E-state index in [1.807, 2.05) is 37.3 Å². The van der Waals surface area contributed by atoms with Crippen LogP contribution in [0, 0.1) is 18.8 Å². The maximum atomic E-state index is 14.0. The zero-order chi connectivity index (χ0) is 25.9. The lowest BCUT2D eigenvalue weighted by atomic mass is 9.76. The minimum atomic E-state index is -1.40. The van der Waals surface area contributed by atoms with Crippen LogP contribution >= 0.6 is 11.6 Å². The number of imide groups is 1. The summed E-state index contributed by atoms with van der Waals surface area (Å²) in [5, 5.41) is 16.6. The summed E-state index contributed by atoms with van der Waals surface area (Å²) in [6.07, 6.45) is 0.950. The number of halogens is 1. The molecule has 3 aromatic rings. The van der Waals surface area contributed by atoms with Crippen molar-refractivity contribution >= 4 is 35.0 Å². The molecule has 3 N–H and O–H groups in total. The van der Waals surface area contributed by atoms with Crippen LogP contribution in [0.4, 0.5) is 5.69 Å². The van der Waals surface area contributed by atoms with Crippen molar-refractivity contribution in [3.05, 3.63) is 94.0 Å². The number of anilines is 1. The Bertz CT molecular complexity index is 1430. The van der Waals surface area contributed by atoms with E-state index >= 15 is 0 Å². The van der Waals surface area contributed by atoms with Gasteiger partial charge in [-0.05, 0) is 60.7 Å². The predicted molar refractivity (Wildman–Crippen MR) is 139 cm³/mol. The minimum Gasteiger partial charge on any atom is -0.508 e. The van der Waals surface area contributed by atoms with E-state index in [4.69, 9.17) is 11.6 Å². The van der Waals surface area contributed by atoms with Crippen LogP contribution in [0.5, 0.6) is 5.75 Å². The Balaban J connectivity index is 1.42. The normalized spacial score (nSPS) is 26.1. The van der Waals surface area contributed by atoms with Crippen molar-refractivity contribution in [3.63, 3.8) is 0 Å². The molecule has 0 bridgehead atoms. The van der Waals surface area contributed by atoms with Gasteiger partial charge in [0.15, 0.2) is 0 Å². The lowest BCUT2D eigenvalue weighted by Gasteiger charge is -2.30. The molecule has 37 heavy (non-hydrogen) atoms. The SMILES string of the molecule is Cc1cc(Cl)cc2c1NC(=O)[C@]21N[C@H](Cc2ccc(O)cc2)[C@H]2C(=O)N(CCc3ccccc3)C(=O)[C@H]21. The molecule has 0 saturated carbocycles. The summed E-state index contributed by atoms with van der Waals surface area (Å²) in [7, 11) is 0. The van der Waals surface area contributed by atoms with Crippen molar-refractivity contribution in [1.82, 2.24) is 10.2 Å². The average molecular weight is 516 g/mol. The van der Waals surface area contributed by atoms with E-state index in [0.717, 1.165) is 16.7 Å². The van der Waals surface area contributed by atoms with Gasteiger partial charge in [0.2, 0.25) is 17.7 Å². The fraction of sp³-hybridized carbons (Fsp3) is 0.276. The lowest BCUT2D eigenvalue weighted by Crippen LogP contribution is -2.53. The highest BCUT2D eigenvalue weighted by molar-refractivity contribution is 6.31. The van der Waals surface area contributed by atoms with E-state index in [2.05, 4.69) is 10.6 Å². The van der Waals surface area contributed by atoms with Crippen LogP contribution in [0.3, 0.4) is 0 Å². The number of fused-ring (bicyclic) bond motifs is 4. The van der Waals surface area contributed by atoms with Crippen LogP contribution in [0.1, 0.15) is 22.3 Å². The maximum Gasteiger partial charge on any atom is 0.250 e. The smallest absolute Gasteiger partial charge is 0.250 e. The molecule has 3 heterocycles. The topological polar surface area (TPSA) is 98.7 Å². The summed E-state index contributed by atoms with van der Waals surface area (Å²) in [5.74, 6) is -2.41. The van der Waals surface area contributed by atoms with Gasteiger partial charge in [-0.1, -0.05) is 54.1 Å². The Morgan fingerprint density at radius 1 is 0.973 bits per heavy atom. The molecule has 3 amide bonds. The van der Waals surface area contributed by atoms with E-state index in [1.165, 1.54) is 4.90 Å². The molecule has 0 unspecified atom stereocenters. The highest BCUT2D eigenvalue weighted by Crippen LogP contribution is 2.54. The molecule has 8 heteroatoms. The molecule has 0 aromatic heterocycles. The van der Waals surface area contributed by atoms with Gasteiger partial charge in [0, 0.05) is 28.9 Å². The van der Waals surface area contributed by atoms with E-state index in [0.29, 0.717) is 29.1 Å². The van der Waals surface area contributed by atoms with Gasteiger partial charge in [0.1, 0.15) is 11.3 Å². The lowest BCUT2D eigenvalue weighted by molar-refractivity contribution is -0.142. The van der Waals surface area contributed by atoms with Crippen LogP contribution in [0.15, 0.2) is 66.7 Å². The van der Waals surface area contributed by atoms with Gasteiger partial charge < -0.3 is 10.4 Å². The monoisotopic (exact) mass is 515 g/mol. The molecule has 3 aliphatic rings. The second-order valence-corrected chi connectivity index (χ2v) is 10.5. The number of aromatic hydroxyl groups is 1. The van der Waals surface area contributed by atoms with Gasteiger partial charge >= 0.3 is 0 Å². The van der Waals surface area contributed by atoms with E-state index < -0.39 is 23.4 Å². The summed E-state index contributed by atoms with van der Waals surface area (Å²) in [5.41, 5.74) is 2.55. The molecule has 0 radical (unpaired) electrons. The predicted octanol–water partition coefficient (Wildman–Crippen LogP) is 3.56. The van der Waals surface area contributed by atoms with Crippen LogP contribution in [0.2, 0.25) is 5.02 Å². The number of benzene rings is 3. The first-order chi connectivity index (χ1) is 17.8. The molecule has 3 aromatic carbocycles. The van der Waals surface area contributed by atoms with Crippen molar-refractivity contribution in [3.8, 4) is 5.75 Å². The number of hydrogen-bond donors (Lipinski definition) is 3. The van der Waals surface area contributed by atoms with Crippen molar-refractivity contribution in [2.45, 2.75) is 31.3 Å². The summed E-state index contributed by atoms with van der Waals surface area (Å²) in [6.45, 7) is 2.11. The number of nitrogens with one attached hydrogen (secondary N) is 2. The first-order valence-electron chi connectivity index (χ1n) is 12.4. The zero-order valence-electron chi connectivity index (χ0n) is 20.2. The Morgan fingerprint density at radius 2 is 1.70 bits per heavy atom. The second kappa shape index (κ2) is 8.71. The van der Waals surface area contributed by atoms with Gasteiger partial charge in [-0.15, -0.1) is 0 Å².